The summed E-state index contributed by atoms with van der Waals surface area (Å²) in [7, 11) is 0. The number of piperidine rings is 1. The number of rotatable bonds is 4. The zero-order valence-corrected chi connectivity index (χ0v) is 17.5. The van der Waals surface area contributed by atoms with Crippen LogP contribution in [0.1, 0.15) is 31.7 Å². The van der Waals surface area contributed by atoms with Crippen LogP contribution in [0.25, 0.3) is 6.08 Å². The summed E-state index contributed by atoms with van der Waals surface area (Å²) < 4.78 is 0.271. The average Bonchev–Trinajstić information content (AvgIpc) is 2.95. The molecule has 2 atom stereocenters. The highest BCUT2D eigenvalue weighted by molar-refractivity contribution is 8.26. The Labute approximate surface area is 177 Å². The number of hydrogen-bond donors (Lipinski definition) is 1. The SMILES string of the molecule is C[C@@H](C(=O)N1CCCC[C@@H]1C(=O)O)N1C(=O)/C(=C/c2ccccc2Cl)SC1=S. The van der Waals surface area contributed by atoms with Gasteiger partial charge >= 0.3 is 5.97 Å². The Morgan fingerprint density at radius 1 is 1.36 bits per heavy atom. The van der Waals surface area contributed by atoms with Gasteiger partial charge in [0.1, 0.15) is 16.4 Å². The molecule has 1 aromatic rings. The number of thioether (sulfide) groups is 1. The van der Waals surface area contributed by atoms with Crippen molar-refractivity contribution < 1.29 is 19.5 Å². The smallest absolute Gasteiger partial charge is 0.326 e. The van der Waals surface area contributed by atoms with Crippen molar-refractivity contribution in [3.63, 3.8) is 0 Å². The van der Waals surface area contributed by atoms with Crippen LogP contribution in [0.5, 0.6) is 0 Å². The molecule has 0 saturated carbocycles. The lowest BCUT2D eigenvalue weighted by atomic mass is 10.0. The van der Waals surface area contributed by atoms with E-state index in [9.17, 15) is 19.5 Å². The Bertz CT molecular complexity index is 873. The van der Waals surface area contributed by atoms with Crippen LogP contribution in [-0.2, 0) is 14.4 Å². The van der Waals surface area contributed by atoms with Gasteiger partial charge in [0.05, 0.1) is 4.91 Å². The average molecular weight is 439 g/mol. The molecule has 9 heteroatoms. The first-order chi connectivity index (χ1) is 13.3. The van der Waals surface area contributed by atoms with Gasteiger partial charge in [-0.05, 0) is 43.9 Å². The third-order valence-electron chi connectivity index (χ3n) is 4.83. The molecule has 1 aromatic carbocycles. The van der Waals surface area contributed by atoms with Crippen molar-refractivity contribution in [1.82, 2.24) is 9.80 Å². The summed E-state index contributed by atoms with van der Waals surface area (Å²) in [6.07, 6.45) is 3.57. The van der Waals surface area contributed by atoms with Gasteiger partial charge in [-0.25, -0.2) is 4.79 Å². The van der Waals surface area contributed by atoms with E-state index in [-0.39, 0.29) is 10.2 Å². The number of carboxylic acids is 1. The van der Waals surface area contributed by atoms with E-state index in [1.165, 1.54) is 9.80 Å². The lowest BCUT2D eigenvalue weighted by Gasteiger charge is -2.36. The number of aliphatic carboxylic acids is 1. The Morgan fingerprint density at radius 3 is 2.75 bits per heavy atom. The number of amides is 2. The first-order valence-electron chi connectivity index (χ1n) is 8.86. The van der Waals surface area contributed by atoms with Gasteiger partial charge in [-0.3, -0.25) is 14.5 Å². The van der Waals surface area contributed by atoms with Crippen LogP contribution in [0.15, 0.2) is 29.2 Å². The minimum absolute atomic E-state index is 0.271. The van der Waals surface area contributed by atoms with Crippen molar-refractivity contribution >= 4 is 63.8 Å². The van der Waals surface area contributed by atoms with Gasteiger partial charge in [-0.2, -0.15) is 0 Å². The molecule has 2 aliphatic heterocycles. The lowest BCUT2D eigenvalue weighted by molar-refractivity contribution is -0.154. The maximum absolute atomic E-state index is 13.0. The summed E-state index contributed by atoms with van der Waals surface area (Å²) >= 11 is 12.6. The molecular weight excluding hydrogens is 420 g/mol. The van der Waals surface area contributed by atoms with Crippen LogP contribution in [0, 0.1) is 0 Å². The van der Waals surface area contributed by atoms with Crippen LogP contribution in [-0.4, -0.2) is 55.6 Å². The van der Waals surface area contributed by atoms with E-state index in [0.717, 1.165) is 24.6 Å². The number of hydrogen-bond acceptors (Lipinski definition) is 5. The molecule has 0 radical (unpaired) electrons. The molecule has 2 aliphatic rings. The zero-order chi connectivity index (χ0) is 20.4. The second-order valence-electron chi connectivity index (χ2n) is 6.63. The molecule has 0 spiro atoms. The highest BCUT2D eigenvalue weighted by atomic mass is 35.5. The summed E-state index contributed by atoms with van der Waals surface area (Å²) in [5.74, 6) is -1.80. The van der Waals surface area contributed by atoms with E-state index in [1.807, 2.05) is 6.07 Å². The number of benzene rings is 1. The van der Waals surface area contributed by atoms with Gasteiger partial charge in [0.2, 0.25) is 5.91 Å². The van der Waals surface area contributed by atoms with Crippen LogP contribution in [0.2, 0.25) is 5.02 Å². The molecule has 1 N–H and O–H groups in total. The van der Waals surface area contributed by atoms with Crippen LogP contribution >= 0.6 is 35.6 Å². The minimum atomic E-state index is -1.02. The van der Waals surface area contributed by atoms with Crippen molar-refractivity contribution in [2.75, 3.05) is 6.54 Å². The number of carbonyl (C=O) groups is 3. The van der Waals surface area contributed by atoms with Gasteiger partial charge in [-0.15, -0.1) is 0 Å². The number of thiocarbonyl (C=S) groups is 1. The summed E-state index contributed by atoms with van der Waals surface area (Å²) in [6, 6.07) is 5.39. The van der Waals surface area contributed by atoms with E-state index in [2.05, 4.69) is 0 Å². The number of halogens is 1. The third kappa shape index (κ3) is 4.09. The molecule has 0 unspecified atom stereocenters. The molecule has 3 rings (SSSR count). The van der Waals surface area contributed by atoms with E-state index in [0.29, 0.717) is 28.5 Å². The summed E-state index contributed by atoms with van der Waals surface area (Å²) in [4.78, 5) is 40.4. The van der Waals surface area contributed by atoms with E-state index in [1.54, 1.807) is 31.2 Å². The normalized spacial score (nSPS) is 22.6. The molecule has 0 bridgehead atoms. The summed E-state index contributed by atoms with van der Waals surface area (Å²) in [5, 5.41) is 9.92. The topological polar surface area (TPSA) is 77.9 Å². The number of carboxylic acid groups (broad SMARTS) is 1. The third-order valence-corrected chi connectivity index (χ3v) is 6.51. The van der Waals surface area contributed by atoms with Crippen LogP contribution in [0.3, 0.4) is 0 Å². The van der Waals surface area contributed by atoms with Gasteiger partial charge in [0, 0.05) is 11.6 Å². The fourth-order valence-corrected chi connectivity index (χ4v) is 4.95. The van der Waals surface area contributed by atoms with Crippen molar-refractivity contribution in [3.8, 4) is 0 Å². The molecule has 2 amide bonds. The number of nitrogens with zero attached hydrogens (tertiary/aromatic N) is 2. The van der Waals surface area contributed by atoms with Crippen molar-refractivity contribution in [1.29, 1.82) is 0 Å². The van der Waals surface area contributed by atoms with Crippen molar-refractivity contribution in [2.45, 2.75) is 38.3 Å². The summed E-state index contributed by atoms with van der Waals surface area (Å²) in [5.41, 5.74) is 0.686. The van der Waals surface area contributed by atoms with Crippen molar-refractivity contribution in [3.05, 3.63) is 39.8 Å². The Kier molecular flexibility index (Phi) is 6.42. The Balaban J connectivity index is 1.82. The lowest BCUT2D eigenvalue weighted by Crippen LogP contribution is -2.55. The Hall–Kier alpha value is -1.90. The second-order valence-corrected chi connectivity index (χ2v) is 8.71. The number of carbonyl (C=O) groups excluding carboxylic acids is 2. The molecule has 2 saturated heterocycles. The fraction of sp³-hybridized carbons (Fsp3) is 0.368. The van der Waals surface area contributed by atoms with Gasteiger partial charge in [-0.1, -0.05) is 53.8 Å². The van der Waals surface area contributed by atoms with Crippen molar-refractivity contribution in [2.24, 2.45) is 0 Å². The van der Waals surface area contributed by atoms with E-state index in [4.69, 9.17) is 23.8 Å². The van der Waals surface area contributed by atoms with E-state index >= 15 is 0 Å². The predicted octanol–water partition coefficient (Wildman–Crippen LogP) is 3.40. The standard InChI is InChI=1S/C19H19ClN2O4S2/c1-11(16(23)21-9-5-4-8-14(21)18(25)26)22-17(24)15(28-19(22)27)10-12-6-2-3-7-13(12)20/h2-3,6-7,10-11,14H,4-5,8-9H2,1H3,(H,25,26)/b15-10-/t11-,14+/m0/s1. The Morgan fingerprint density at radius 2 is 2.07 bits per heavy atom. The molecule has 2 fully saturated rings. The van der Waals surface area contributed by atoms with E-state index < -0.39 is 24.0 Å². The first-order valence-corrected chi connectivity index (χ1v) is 10.5. The molecule has 2 heterocycles. The predicted molar refractivity (Wildman–Crippen MR) is 113 cm³/mol. The van der Waals surface area contributed by atoms with Gasteiger partial charge in [0.25, 0.3) is 5.91 Å². The van der Waals surface area contributed by atoms with Crippen LogP contribution < -0.4 is 0 Å². The zero-order valence-electron chi connectivity index (χ0n) is 15.1. The first kappa shape index (κ1) is 20.8. The highest BCUT2D eigenvalue weighted by Gasteiger charge is 2.42. The monoisotopic (exact) mass is 438 g/mol. The fourth-order valence-electron chi connectivity index (χ4n) is 3.35. The quantitative estimate of drug-likeness (QED) is 0.573. The molecule has 6 nitrogen and oxygen atoms in total. The maximum atomic E-state index is 13.0. The highest BCUT2D eigenvalue weighted by Crippen LogP contribution is 2.35. The van der Waals surface area contributed by atoms with Crippen LogP contribution in [0.4, 0.5) is 0 Å². The largest absolute Gasteiger partial charge is 0.480 e. The van der Waals surface area contributed by atoms with Gasteiger partial charge < -0.3 is 10.0 Å². The molecule has 28 heavy (non-hydrogen) atoms. The molecule has 148 valence electrons. The maximum Gasteiger partial charge on any atom is 0.326 e. The molecular formula is C19H19ClN2O4S2. The number of likely N-dealkylation sites (tertiary alicyclic amines) is 1. The summed E-state index contributed by atoms with van der Waals surface area (Å²) in [6.45, 7) is 1.95. The van der Waals surface area contributed by atoms with Gasteiger partial charge in [0.15, 0.2) is 0 Å². The minimum Gasteiger partial charge on any atom is -0.480 e. The molecule has 0 aromatic heterocycles. The molecule has 0 aliphatic carbocycles. The second kappa shape index (κ2) is 8.63.